The summed E-state index contributed by atoms with van der Waals surface area (Å²) in [4.78, 5) is 0. The van der Waals surface area contributed by atoms with Crippen LogP contribution in [0.2, 0.25) is 0 Å². The van der Waals surface area contributed by atoms with Gasteiger partial charge in [-0.15, -0.1) is 0 Å². The van der Waals surface area contributed by atoms with Gasteiger partial charge in [-0.25, -0.2) is 0 Å². The lowest BCUT2D eigenvalue weighted by molar-refractivity contribution is 0.464. The number of benzene rings is 4. The topological polar surface area (TPSA) is 58.9 Å². The van der Waals surface area contributed by atoms with Crippen molar-refractivity contribution in [1.82, 2.24) is 0 Å². The lowest BCUT2D eigenvalue weighted by Crippen LogP contribution is -1.86. The summed E-state index contributed by atoms with van der Waals surface area (Å²) < 4.78 is 11.6. The molecule has 0 aliphatic rings. The van der Waals surface area contributed by atoms with Gasteiger partial charge >= 0.3 is 0 Å². The van der Waals surface area contributed by atoms with Crippen LogP contribution in [0, 0.1) is 0 Å². The normalized spacial score (nSPS) is 10.4. The Labute approximate surface area is 162 Å². The average molecular weight is 370 g/mol. The fraction of sp³-hybridized carbons (Fsp3) is 0. The van der Waals surface area contributed by atoms with E-state index in [4.69, 9.17) is 9.47 Å². The zero-order valence-electron chi connectivity index (χ0n) is 14.9. The second-order valence-corrected chi connectivity index (χ2v) is 6.24. The van der Waals surface area contributed by atoms with Crippen molar-refractivity contribution in [2.45, 2.75) is 0 Å². The highest BCUT2D eigenvalue weighted by molar-refractivity contribution is 5.66. The lowest BCUT2D eigenvalue weighted by atomic mass is 10.1. The van der Waals surface area contributed by atoms with Crippen LogP contribution in [-0.2, 0) is 0 Å². The molecule has 0 fully saturated rings. The third kappa shape index (κ3) is 4.24. The molecule has 0 aliphatic heterocycles. The molecule has 4 aromatic carbocycles. The van der Waals surface area contributed by atoms with E-state index in [1.165, 1.54) is 0 Å². The highest BCUT2D eigenvalue weighted by Crippen LogP contribution is 2.30. The highest BCUT2D eigenvalue weighted by atomic mass is 16.5. The molecule has 4 rings (SSSR count). The number of ether oxygens (including phenoxy) is 2. The van der Waals surface area contributed by atoms with Gasteiger partial charge in [-0.05, 0) is 83.9 Å². The smallest absolute Gasteiger partial charge is 0.128 e. The molecule has 0 atom stereocenters. The maximum absolute atomic E-state index is 9.37. The number of phenols is 2. The Morgan fingerprint density at radius 3 is 1.43 bits per heavy atom. The summed E-state index contributed by atoms with van der Waals surface area (Å²) in [6.45, 7) is 0. The molecule has 0 bridgehead atoms. The van der Waals surface area contributed by atoms with Gasteiger partial charge in [0, 0.05) is 0 Å². The van der Waals surface area contributed by atoms with Gasteiger partial charge in [-0.2, -0.15) is 0 Å². The Kier molecular flexibility index (Phi) is 4.85. The van der Waals surface area contributed by atoms with Crippen LogP contribution in [0.4, 0.5) is 0 Å². The fourth-order valence-electron chi connectivity index (χ4n) is 2.76. The van der Waals surface area contributed by atoms with E-state index in [0.29, 0.717) is 23.0 Å². The Balaban J connectivity index is 1.49. The van der Waals surface area contributed by atoms with Crippen LogP contribution in [0.15, 0.2) is 97.1 Å². The van der Waals surface area contributed by atoms with E-state index in [1.807, 2.05) is 48.5 Å². The van der Waals surface area contributed by atoms with Crippen LogP contribution in [0.1, 0.15) is 0 Å². The predicted molar refractivity (Wildman–Crippen MR) is 108 cm³/mol. The molecular formula is C24H18O4. The van der Waals surface area contributed by atoms with Crippen molar-refractivity contribution in [3.63, 3.8) is 0 Å². The summed E-state index contributed by atoms with van der Waals surface area (Å²) in [5.41, 5.74) is 2.06. The summed E-state index contributed by atoms with van der Waals surface area (Å²) in [5.74, 6) is 3.16. The third-order valence-electron chi connectivity index (χ3n) is 4.17. The first kappa shape index (κ1) is 17.5. The average Bonchev–Trinajstić information content (AvgIpc) is 2.72. The monoisotopic (exact) mass is 370 g/mol. The largest absolute Gasteiger partial charge is 0.508 e. The minimum Gasteiger partial charge on any atom is -0.508 e. The van der Waals surface area contributed by atoms with E-state index in [0.717, 1.165) is 11.1 Å². The predicted octanol–water partition coefficient (Wildman–Crippen LogP) is 6.35. The van der Waals surface area contributed by atoms with Crippen LogP contribution in [-0.4, -0.2) is 10.2 Å². The summed E-state index contributed by atoms with van der Waals surface area (Å²) in [6.07, 6.45) is 0. The quantitative estimate of drug-likeness (QED) is 0.430. The summed E-state index contributed by atoms with van der Waals surface area (Å²) in [5, 5.41) is 18.7. The highest BCUT2D eigenvalue weighted by Gasteiger charge is 2.04. The maximum atomic E-state index is 9.37. The first-order valence-corrected chi connectivity index (χ1v) is 8.80. The van der Waals surface area contributed by atoms with Gasteiger partial charge in [0.25, 0.3) is 0 Å². The Morgan fingerprint density at radius 2 is 0.893 bits per heavy atom. The Morgan fingerprint density at radius 1 is 0.429 bits per heavy atom. The van der Waals surface area contributed by atoms with Gasteiger partial charge < -0.3 is 19.7 Å². The number of hydrogen-bond donors (Lipinski definition) is 2. The minimum atomic E-state index is 0.204. The van der Waals surface area contributed by atoms with Crippen LogP contribution in [0.3, 0.4) is 0 Å². The molecule has 0 radical (unpaired) electrons. The molecule has 0 spiro atoms. The molecule has 0 aromatic heterocycles. The number of hydrogen-bond acceptors (Lipinski definition) is 4. The van der Waals surface area contributed by atoms with Crippen molar-refractivity contribution in [1.29, 1.82) is 0 Å². The minimum absolute atomic E-state index is 0.204. The molecule has 0 aliphatic carbocycles. The molecule has 0 amide bonds. The van der Waals surface area contributed by atoms with Crippen molar-refractivity contribution in [2.75, 3.05) is 0 Å². The summed E-state index contributed by atoms with van der Waals surface area (Å²) in [7, 11) is 0. The third-order valence-corrected chi connectivity index (χ3v) is 4.17. The van der Waals surface area contributed by atoms with E-state index >= 15 is 0 Å². The maximum Gasteiger partial charge on any atom is 0.128 e. The molecule has 0 heterocycles. The first-order chi connectivity index (χ1) is 13.7. The van der Waals surface area contributed by atoms with Gasteiger partial charge in [-0.1, -0.05) is 24.3 Å². The molecule has 4 nitrogen and oxygen atoms in total. The lowest BCUT2D eigenvalue weighted by Gasteiger charge is -2.09. The van der Waals surface area contributed by atoms with Gasteiger partial charge in [0.05, 0.1) is 0 Å². The second-order valence-electron chi connectivity index (χ2n) is 6.24. The van der Waals surface area contributed by atoms with Crippen LogP contribution in [0.25, 0.3) is 11.1 Å². The summed E-state index contributed by atoms with van der Waals surface area (Å²) >= 11 is 0. The number of phenolic OH excluding ortho intramolecular Hbond substituents is 2. The molecule has 138 valence electrons. The van der Waals surface area contributed by atoms with E-state index in [-0.39, 0.29) is 11.5 Å². The standard InChI is InChI=1S/C24H18O4/c25-19-6-12-22(13-7-19)27-21-10-4-17(5-11-21)18-2-1-3-24(16-18)28-23-14-8-20(26)9-15-23/h1-16,25-26H. The van der Waals surface area contributed by atoms with E-state index in [9.17, 15) is 10.2 Å². The zero-order valence-corrected chi connectivity index (χ0v) is 14.9. The molecule has 0 saturated carbocycles. The van der Waals surface area contributed by atoms with Crippen molar-refractivity contribution in [2.24, 2.45) is 0 Å². The van der Waals surface area contributed by atoms with E-state index in [2.05, 4.69) is 0 Å². The van der Waals surface area contributed by atoms with E-state index < -0.39 is 0 Å². The van der Waals surface area contributed by atoms with Gasteiger partial charge in [-0.3, -0.25) is 0 Å². The Hall–Kier alpha value is -3.92. The van der Waals surface area contributed by atoms with Crippen molar-refractivity contribution < 1.29 is 19.7 Å². The second kappa shape index (κ2) is 7.76. The van der Waals surface area contributed by atoms with Crippen molar-refractivity contribution in [3.05, 3.63) is 97.1 Å². The van der Waals surface area contributed by atoms with E-state index in [1.54, 1.807) is 48.5 Å². The first-order valence-electron chi connectivity index (χ1n) is 8.80. The van der Waals surface area contributed by atoms with Crippen molar-refractivity contribution >= 4 is 0 Å². The Bertz CT molecular complexity index is 1050. The molecule has 4 aromatic rings. The molecule has 0 saturated heterocycles. The molecular weight excluding hydrogens is 352 g/mol. The summed E-state index contributed by atoms with van der Waals surface area (Å²) in [6, 6.07) is 28.8. The van der Waals surface area contributed by atoms with Crippen LogP contribution < -0.4 is 9.47 Å². The molecule has 0 unspecified atom stereocenters. The molecule has 4 heteroatoms. The van der Waals surface area contributed by atoms with Gasteiger partial charge in [0.1, 0.15) is 34.5 Å². The van der Waals surface area contributed by atoms with Crippen molar-refractivity contribution in [3.8, 4) is 45.6 Å². The molecule has 28 heavy (non-hydrogen) atoms. The van der Waals surface area contributed by atoms with Crippen LogP contribution in [0.5, 0.6) is 34.5 Å². The fourth-order valence-corrected chi connectivity index (χ4v) is 2.76. The number of aromatic hydroxyl groups is 2. The van der Waals surface area contributed by atoms with Gasteiger partial charge in [0.2, 0.25) is 0 Å². The van der Waals surface area contributed by atoms with Gasteiger partial charge in [0.15, 0.2) is 0 Å². The SMILES string of the molecule is Oc1ccc(Oc2ccc(-c3cccc(Oc4ccc(O)cc4)c3)cc2)cc1. The van der Waals surface area contributed by atoms with Crippen LogP contribution >= 0.6 is 0 Å². The number of rotatable bonds is 5. The zero-order chi connectivity index (χ0) is 19.3. The molecule has 2 N–H and O–H groups in total.